The minimum absolute atomic E-state index is 0.179. The second-order valence-corrected chi connectivity index (χ2v) is 13.9. The Labute approximate surface area is 242 Å². The number of hydrogen-bond acceptors (Lipinski definition) is 6. The molecule has 1 saturated heterocycles. The molecule has 0 bridgehead atoms. The van der Waals surface area contributed by atoms with E-state index in [0.29, 0.717) is 29.7 Å². The summed E-state index contributed by atoms with van der Waals surface area (Å²) in [6.07, 6.45) is 3.47. The Morgan fingerprint density at radius 2 is 1.79 bits per heavy atom. The molecule has 1 unspecified atom stereocenters. The van der Waals surface area contributed by atoms with Crippen LogP contribution in [0.1, 0.15) is 35.7 Å². The van der Waals surface area contributed by atoms with Gasteiger partial charge in [0.15, 0.2) is 0 Å². The molecular weight excluding hydrogens is 652 g/mol. The van der Waals surface area contributed by atoms with Gasteiger partial charge in [0.25, 0.3) is 5.91 Å². The number of anilines is 1. The van der Waals surface area contributed by atoms with Gasteiger partial charge in [-0.2, -0.15) is 14.4 Å². The number of fused-ring (bicyclic) bond motifs is 1. The zero-order valence-electron chi connectivity index (χ0n) is 20.4. The van der Waals surface area contributed by atoms with Crippen LogP contribution in [0.4, 0.5) is 5.13 Å². The van der Waals surface area contributed by atoms with Crippen LogP contribution < -0.4 is 5.01 Å². The van der Waals surface area contributed by atoms with Gasteiger partial charge in [-0.25, -0.2) is 13.4 Å². The first-order valence-corrected chi connectivity index (χ1v) is 15.9. The fraction of sp³-hybridized carbons (Fsp3) is 0.222. The predicted octanol–water partition coefficient (Wildman–Crippen LogP) is 6.92. The second kappa shape index (κ2) is 11.4. The Balaban J connectivity index is 1.47. The number of hydrazone groups is 1. The first kappa shape index (κ1) is 27.1. The first-order chi connectivity index (χ1) is 18.2. The molecule has 1 amide bonds. The third-order valence-corrected chi connectivity index (χ3v) is 10.2. The number of piperidine rings is 1. The summed E-state index contributed by atoms with van der Waals surface area (Å²) in [6, 6.07) is 19.3. The third kappa shape index (κ3) is 5.91. The van der Waals surface area contributed by atoms with Gasteiger partial charge < -0.3 is 0 Å². The molecule has 7 nitrogen and oxygen atoms in total. The number of hydrogen-bond donors (Lipinski definition) is 0. The van der Waals surface area contributed by atoms with Crippen molar-refractivity contribution in [1.82, 2.24) is 9.29 Å². The Morgan fingerprint density at radius 1 is 1.08 bits per heavy atom. The zero-order valence-corrected chi connectivity index (χ0v) is 25.2. The van der Waals surface area contributed by atoms with Crippen molar-refractivity contribution < 1.29 is 13.2 Å². The number of amides is 1. The standard InChI is InChI=1S/C27H24Br2N4O3S2/c1-18-3-2-14-32(17-18)38(35,36)23-11-6-20(7-12-23)26(34)33(30-16-19-4-8-21(28)9-5-19)27-31-24-13-10-22(29)15-25(24)37-27/h4-13,15-16,18H,2-3,14,17H2,1H3/b30-16+. The molecule has 0 saturated carbocycles. The fourth-order valence-corrected chi connectivity index (χ4v) is 7.58. The van der Waals surface area contributed by atoms with Crippen LogP contribution in [0.15, 0.2) is 85.7 Å². The maximum atomic E-state index is 13.7. The number of halogens is 2. The Bertz CT molecular complexity index is 1600. The maximum Gasteiger partial charge on any atom is 0.280 e. The normalized spacial score (nSPS) is 16.8. The van der Waals surface area contributed by atoms with E-state index >= 15 is 0 Å². The van der Waals surface area contributed by atoms with Crippen LogP contribution in [-0.4, -0.2) is 42.9 Å². The Hall–Kier alpha value is -2.44. The molecule has 0 N–H and O–H groups in total. The zero-order chi connectivity index (χ0) is 26.9. The van der Waals surface area contributed by atoms with Crippen molar-refractivity contribution in [1.29, 1.82) is 0 Å². The molecule has 0 radical (unpaired) electrons. The van der Waals surface area contributed by atoms with Crippen LogP contribution in [0.3, 0.4) is 0 Å². The van der Waals surface area contributed by atoms with E-state index in [1.807, 2.05) is 42.5 Å². The molecule has 1 atom stereocenters. The van der Waals surface area contributed by atoms with Gasteiger partial charge in [0, 0.05) is 27.6 Å². The molecule has 1 aromatic heterocycles. The molecular formula is C27H24Br2N4O3S2. The molecule has 0 aliphatic carbocycles. The first-order valence-electron chi connectivity index (χ1n) is 12.0. The number of benzene rings is 3. The van der Waals surface area contributed by atoms with E-state index in [-0.39, 0.29) is 4.90 Å². The average molecular weight is 676 g/mol. The van der Waals surface area contributed by atoms with Crippen LogP contribution in [-0.2, 0) is 10.0 Å². The van der Waals surface area contributed by atoms with E-state index in [0.717, 1.165) is 37.6 Å². The van der Waals surface area contributed by atoms with E-state index in [4.69, 9.17) is 0 Å². The summed E-state index contributed by atoms with van der Waals surface area (Å²) in [4.78, 5) is 18.5. The minimum atomic E-state index is -3.62. The van der Waals surface area contributed by atoms with Crippen LogP contribution in [0, 0.1) is 5.92 Å². The van der Waals surface area contributed by atoms with Gasteiger partial charge in [-0.1, -0.05) is 62.3 Å². The molecule has 0 spiro atoms. The quantitative estimate of drug-likeness (QED) is 0.164. The predicted molar refractivity (Wildman–Crippen MR) is 159 cm³/mol. The van der Waals surface area contributed by atoms with Crippen molar-refractivity contribution in [2.24, 2.45) is 11.0 Å². The van der Waals surface area contributed by atoms with Crippen LogP contribution >= 0.6 is 43.2 Å². The van der Waals surface area contributed by atoms with Crippen LogP contribution in [0.5, 0.6) is 0 Å². The molecule has 5 rings (SSSR count). The maximum absolute atomic E-state index is 13.7. The Morgan fingerprint density at radius 3 is 2.50 bits per heavy atom. The number of sulfonamides is 1. The van der Waals surface area contributed by atoms with Crippen molar-refractivity contribution in [3.05, 3.63) is 86.8 Å². The monoisotopic (exact) mass is 674 g/mol. The Kier molecular flexibility index (Phi) is 8.11. The van der Waals surface area contributed by atoms with Crippen molar-refractivity contribution in [3.8, 4) is 0 Å². The summed E-state index contributed by atoms with van der Waals surface area (Å²) in [5.41, 5.74) is 1.87. The molecule has 38 heavy (non-hydrogen) atoms. The highest BCUT2D eigenvalue weighted by molar-refractivity contribution is 9.10. The summed E-state index contributed by atoms with van der Waals surface area (Å²) in [6.45, 7) is 3.09. The van der Waals surface area contributed by atoms with Crippen molar-refractivity contribution >= 4 is 80.7 Å². The van der Waals surface area contributed by atoms with E-state index in [2.05, 4.69) is 48.9 Å². The third-order valence-electron chi connectivity index (χ3n) is 6.26. The number of carbonyl (C=O) groups excluding carboxylic acids is 1. The second-order valence-electron chi connectivity index (χ2n) is 9.16. The van der Waals surface area contributed by atoms with E-state index in [1.54, 1.807) is 6.21 Å². The number of aromatic nitrogens is 1. The topological polar surface area (TPSA) is 82.9 Å². The molecule has 3 aromatic carbocycles. The smallest absolute Gasteiger partial charge is 0.267 e. The van der Waals surface area contributed by atoms with E-state index in [1.165, 1.54) is 44.9 Å². The molecule has 1 aliphatic rings. The summed E-state index contributed by atoms with van der Waals surface area (Å²) < 4.78 is 30.6. The molecule has 196 valence electrons. The highest BCUT2D eigenvalue weighted by Crippen LogP contribution is 2.32. The highest BCUT2D eigenvalue weighted by atomic mass is 79.9. The molecule has 1 aliphatic heterocycles. The summed E-state index contributed by atoms with van der Waals surface area (Å²) in [5.74, 6) is -0.0852. The highest BCUT2D eigenvalue weighted by Gasteiger charge is 2.29. The fourth-order valence-electron chi connectivity index (χ4n) is 4.24. The summed E-state index contributed by atoms with van der Waals surface area (Å²) in [5, 5.41) is 6.17. The number of rotatable bonds is 6. The van der Waals surface area contributed by atoms with Crippen molar-refractivity contribution in [3.63, 3.8) is 0 Å². The van der Waals surface area contributed by atoms with Gasteiger partial charge in [0.2, 0.25) is 15.2 Å². The average Bonchev–Trinajstić information content (AvgIpc) is 3.32. The lowest BCUT2D eigenvalue weighted by molar-refractivity contribution is 0.0987. The lowest BCUT2D eigenvalue weighted by Gasteiger charge is -2.30. The number of thiazole rings is 1. The lowest BCUT2D eigenvalue weighted by atomic mass is 10.0. The molecule has 2 heterocycles. The lowest BCUT2D eigenvalue weighted by Crippen LogP contribution is -2.39. The van der Waals surface area contributed by atoms with Crippen molar-refractivity contribution in [2.45, 2.75) is 24.7 Å². The van der Waals surface area contributed by atoms with Gasteiger partial charge in [-0.3, -0.25) is 4.79 Å². The molecule has 4 aromatic rings. The van der Waals surface area contributed by atoms with Gasteiger partial charge >= 0.3 is 0 Å². The molecule has 11 heteroatoms. The number of carbonyl (C=O) groups is 1. The van der Waals surface area contributed by atoms with Gasteiger partial charge in [-0.05, 0) is 78.9 Å². The van der Waals surface area contributed by atoms with Crippen molar-refractivity contribution in [2.75, 3.05) is 18.1 Å². The SMILES string of the molecule is CC1CCCN(S(=O)(=O)c2ccc(C(=O)N(/N=C/c3ccc(Br)cc3)c3nc4ccc(Br)cc4s3)cc2)C1. The van der Waals surface area contributed by atoms with Gasteiger partial charge in [0.05, 0.1) is 21.3 Å². The summed E-state index contributed by atoms with van der Waals surface area (Å²) in [7, 11) is -3.62. The van der Waals surface area contributed by atoms with Gasteiger partial charge in [0.1, 0.15) is 0 Å². The minimum Gasteiger partial charge on any atom is -0.267 e. The van der Waals surface area contributed by atoms with Gasteiger partial charge in [-0.15, -0.1) is 0 Å². The summed E-state index contributed by atoms with van der Waals surface area (Å²) >= 11 is 8.25. The number of nitrogens with zero attached hydrogens (tertiary/aromatic N) is 4. The van der Waals surface area contributed by atoms with Crippen LogP contribution in [0.2, 0.25) is 0 Å². The van der Waals surface area contributed by atoms with E-state index in [9.17, 15) is 13.2 Å². The van der Waals surface area contributed by atoms with E-state index < -0.39 is 15.9 Å². The molecule has 1 fully saturated rings. The largest absolute Gasteiger partial charge is 0.280 e. The van der Waals surface area contributed by atoms with Crippen LogP contribution in [0.25, 0.3) is 10.2 Å².